The summed E-state index contributed by atoms with van der Waals surface area (Å²) in [5, 5.41) is 14.4. The first-order chi connectivity index (χ1) is 9.53. The van der Waals surface area contributed by atoms with E-state index < -0.39 is 0 Å². The summed E-state index contributed by atoms with van der Waals surface area (Å²) in [6.45, 7) is 7.00. The molecule has 20 heavy (non-hydrogen) atoms. The molecular formula is C15H21N5. The highest BCUT2D eigenvalue weighted by Gasteiger charge is 2.11. The van der Waals surface area contributed by atoms with Crippen molar-refractivity contribution in [2.75, 3.05) is 17.2 Å². The van der Waals surface area contributed by atoms with Crippen LogP contribution in [0, 0.1) is 0 Å². The Balaban J connectivity index is 1.88. The van der Waals surface area contributed by atoms with Crippen LogP contribution in [0.25, 0.3) is 0 Å². The van der Waals surface area contributed by atoms with Crippen LogP contribution in [0.3, 0.4) is 0 Å². The van der Waals surface area contributed by atoms with Crippen LogP contribution in [-0.4, -0.2) is 27.3 Å². The van der Waals surface area contributed by atoms with E-state index in [9.17, 15) is 0 Å². The van der Waals surface area contributed by atoms with Gasteiger partial charge >= 0.3 is 0 Å². The van der Waals surface area contributed by atoms with Crippen LogP contribution in [0.15, 0.2) is 36.5 Å². The molecule has 0 amide bonds. The molecule has 1 aromatic heterocycles. The second-order valence-electron chi connectivity index (χ2n) is 5.70. The van der Waals surface area contributed by atoms with Crippen molar-refractivity contribution in [3.8, 4) is 0 Å². The van der Waals surface area contributed by atoms with Crippen molar-refractivity contribution in [2.45, 2.75) is 32.7 Å². The molecule has 0 aliphatic rings. The van der Waals surface area contributed by atoms with Gasteiger partial charge in [-0.15, -0.1) is 5.10 Å². The number of hydrogen-bond donors (Lipinski definition) is 2. The van der Waals surface area contributed by atoms with E-state index >= 15 is 0 Å². The highest BCUT2D eigenvalue weighted by atomic mass is 15.3. The maximum atomic E-state index is 4.39. The van der Waals surface area contributed by atoms with E-state index in [1.807, 2.05) is 18.2 Å². The molecule has 2 N–H and O–H groups in total. The Labute approximate surface area is 119 Å². The summed E-state index contributed by atoms with van der Waals surface area (Å²) in [6.07, 6.45) is 2.59. The third kappa shape index (κ3) is 4.84. The summed E-state index contributed by atoms with van der Waals surface area (Å²) in [5.74, 6) is 1.28. The third-order valence-electron chi connectivity index (χ3n) is 2.61. The fourth-order valence-electron chi connectivity index (χ4n) is 1.76. The highest BCUT2D eigenvalue weighted by molar-refractivity contribution is 5.38. The highest BCUT2D eigenvalue weighted by Crippen LogP contribution is 2.10. The van der Waals surface area contributed by atoms with Gasteiger partial charge in [-0.2, -0.15) is 10.1 Å². The lowest BCUT2D eigenvalue weighted by atomic mass is 10.1. The Morgan fingerprint density at radius 3 is 2.55 bits per heavy atom. The smallest absolute Gasteiger partial charge is 0.245 e. The molecule has 0 saturated carbocycles. The predicted octanol–water partition coefficient (Wildman–Crippen LogP) is 2.74. The molecule has 0 unspecified atom stereocenters. The number of aromatic nitrogens is 3. The van der Waals surface area contributed by atoms with Gasteiger partial charge in [0.1, 0.15) is 0 Å². The van der Waals surface area contributed by atoms with Crippen LogP contribution in [0.1, 0.15) is 26.3 Å². The standard InChI is InChI=1S/C15H21N5/c1-15(2,3)19-14-18-13(11-17-20-14)16-10-9-12-7-5-4-6-8-12/h4-8,11H,9-10H2,1-3H3,(H2,16,18,19,20). The van der Waals surface area contributed by atoms with E-state index in [0.717, 1.165) is 18.8 Å². The molecule has 1 aromatic carbocycles. The van der Waals surface area contributed by atoms with Crippen molar-refractivity contribution in [1.29, 1.82) is 0 Å². The SMILES string of the molecule is CC(C)(C)Nc1nncc(NCCc2ccccc2)n1. The van der Waals surface area contributed by atoms with Gasteiger partial charge in [0.25, 0.3) is 0 Å². The summed E-state index contributed by atoms with van der Waals surface area (Å²) < 4.78 is 0. The molecule has 0 aliphatic carbocycles. The lowest BCUT2D eigenvalue weighted by molar-refractivity contribution is 0.623. The van der Waals surface area contributed by atoms with Gasteiger partial charge < -0.3 is 10.6 Å². The van der Waals surface area contributed by atoms with Crippen LogP contribution in [0.4, 0.5) is 11.8 Å². The minimum atomic E-state index is -0.0790. The second kappa shape index (κ2) is 6.32. The van der Waals surface area contributed by atoms with Gasteiger partial charge in [-0.1, -0.05) is 30.3 Å². The number of rotatable bonds is 5. The van der Waals surface area contributed by atoms with Crippen molar-refractivity contribution < 1.29 is 0 Å². The molecule has 5 nitrogen and oxygen atoms in total. The molecule has 5 heteroatoms. The van der Waals surface area contributed by atoms with Crippen LogP contribution >= 0.6 is 0 Å². The summed E-state index contributed by atoms with van der Waals surface area (Å²) >= 11 is 0. The number of benzene rings is 1. The fraction of sp³-hybridized carbons (Fsp3) is 0.400. The zero-order valence-electron chi connectivity index (χ0n) is 12.2. The average molecular weight is 271 g/mol. The summed E-state index contributed by atoms with van der Waals surface area (Å²) in [4.78, 5) is 4.39. The van der Waals surface area contributed by atoms with Crippen molar-refractivity contribution in [2.24, 2.45) is 0 Å². The largest absolute Gasteiger partial charge is 0.368 e. The van der Waals surface area contributed by atoms with E-state index in [1.54, 1.807) is 6.20 Å². The zero-order valence-corrected chi connectivity index (χ0v) is 12.2. The first kappa shape index (κ1) is 14.2. The number of nitrogens with zero attached hydrogens (tertiary/aromatic N) is 3. The van der Waals surface area contributed by atoms with Gasteiger partial charge in [-0.25, -0.2) is 0 Å². The van der Waals surface area contributed by atoms with E-state index in [0.29, 0.717) is 5.95 Å². The average Bonchev–Trinajstić information content (AvgIpc) is 2.38. The van der Waals surface area contributed by atoms with Crippen LogP contribution in [-0.2, 0) is 6.42 Å². The zero-order chi connectivity index (χ0) is 14.4. The molecule has 0 radical (unpaired) electrons. The molecule has 2 rings (SSSR count). The fourth-order valence-corrected chi connectivity index (χ4v) is 1.76. The monoisotopic (exact) mass is 271 g/mol. The van der Waals surface area contributed by atoms with Crippen LogP contribution in [0.5, 0.6) is 0 Å². The Hall–Kier alpha value is -2.17. The van der Waals surface area contributed by atoms with E-state index in [2.05, 4.69) is 58.7 Å². The van der Waals surface area contributed by atoms with Gasteiger partial charge in [0.2, 0.25) is 5.95 Å². The predicted molar refractivity (Wildman–Crippen MR) is 81.8 cm³/mol. The lowest BCUT2D eigenvalue weighted by Crippen LogP contribution is -2.27. The molecule has 0 bridgehead atoms. The Morgan fingerprint density at radius 1 is 1.10 bits per heavy atom. The molecular weight excluding hydrogens is 250 g/mol. The van der Waals surface area contributed by atoms with Gasteiger partial charge in [0.05, 0.1) is 6.20 Å². The number of hydrogen-bond acceptors (Lipinski definition) is 5. The summed E-state index contributed by atoms with van der Waals surface area (Å²) in [7, 11) is 0. The van der Waals surface area contributed by atoms with Gasteiger partial charge in [0.15, 0.2) is 5.82 Å². The van der Waals surface area contributed by atoms with Crippen LogP contribution in [0.2, 0.25) is 0 Å². The maximum absolute atomic E-state index is 4.39. The normalized spacial score (nSPS) is 11.2. The topological polar surface area (TPSA) is 62.7 Å². The third-order valence-corrected chi connectivity index (χ3v) is 2.61. The second-order valence-corrected chi connectivity index (χ2v) is 5.70. The molecule has 0 atom stereocenters. The minimum absolute atomic E-state index is 0.0790. The Morgan fingerprint density at radius 2 is 1.85 bits per heavy atom. The first-order valence-corrected chi connectivity index (χ1v) is 6.79. The Bertz CT molecular complexity index is 533. The molecule has 0 fully saturated rings. The minimum Gasteiger partial charge on any atom is -0.368 e. The van der Waals surface area contributed by atoms with Crippen molar-refractivity contribution >= 4 is 11.8 Å². The summed E-state index contributed by atoms with van der Waals surface area (Å²) in [6, 6.07) is 10.4. The number of anilines is 2. The molecule has 2 aromatic rings. The molecule has 1 heterocycles. The van der Waals surface area contributed by atoms with Crippen molar-refractivity contribution in [1.82, 2.24) is 15.2 Å². The van der Waals surface area contributed by atoms with Crippen LogP contribution < -0.4 is 10.6 Å². The van der Waals surface area contributed by atoms with Crippen molar-refractivity contribution in [3.63, 3.8) is 0 Å². The van der Waals surface area contributed by atoms with E-state index in [-0.39, 0.29) is 5.54 Å². The van der Waals surface area contributed by atoms with Gasteiger partial charge in [0, 0.05) is 12.1 Å². The molecule has 0 spiro atoms. The quantitative estimate of drug-likeness (QED) is 0.875. The Kier molecular flexibility index (Phi) is 4.50. The number of nitrogens with one attached hydrogen (secondary N) is 2. The van der Waals surface area contributed by atoms with Gasteiger partial charge in [-0.3, -0.25) is 0 Å². The lowest BCUT2D eigenvalue weighted by Gasteiger charge is -2.20. The summed E-state index contributed by atoms with van der Waals surface area (Å²) in [5.41, 5.74) is 1.22. The van der Waals surface area contributed by atoms with E-state index in [1.165, 1.54) is 5.56 Å². The molecule has 106 valence electrons. The molecule has 0 aliphatic heterocycles. The first-order valence-electron chi connectivity index (χ1n) is 6.79. The van der Waals surface area contributed by atoms with Crippen molar-refractivity contribution in [3.05, 3.63) is 42.1 Å². The molecule has 0 saturated heterocycles. The maximum Gasteiger partial charge on any atom is 0.245 e. The van der Waals surface area contributed by atoms with Gasteiger partial charge in [-0.05, 0) is 32.8 Å². The van der Waals surface area contributed by atoms with E-state index in [4.69, 9.17) is 0 Å².